The van der Waals surface area contributed by atoms with E-state index in [9.17, 15) is 9.50 Å². The normalized spacial score (nSPS) is 21.4. The van der Waals surface area contributed by atoms with Crippen LogP contribution in [0.25, 0.3) is 0 Å². The van der Waals surface area contributed by atoms with Gasteiger partial charge in [-0.3, -0.25) is 0 Å². The molecule has 6 nitrogen and oxygen atoms in total. The topological polar surface area (TPSA) is 60.3 Å². The second-order valence-electron chi connectivity index (χ2n) is 7.73. The second-order valence-corrected chi connectivity index (χ2v) is 7.73. The maximum absolute atomic E-state index is 14.6. The minimum atomic E-state index is -0.258. The van der Waals surface area contributed by atoms with Crippen molar-refractivity contribution in [2.24, 2.45) is 10.9 Å². The fraction of sp³-hybridized carbons (Fsp3) is 0.667. The summed E-state index contributed by atoms with van der Waals surface area (Å²) in [6.45, 7) is 7.37. The average Bonchev–Trinajstić information content (AvgIpc) is 3.15. The van der Waals surface area contributed by atoms with E-state index in [1.54, 1.807) is 13.2 Å². The molecule has 2 aliphatic heterocycles. The van der Waals surface area contributed by atoms with Crippen LogP contribution in [0.2, 0.25) is 0 Å². The average molecular weight is 393 g/mol. The summed E-state index contributed by atoms with van der Waals surface area (Å²) in [5.74, 6) is 1.21. The fourth-order valence-electron chi connectivity index (χ4n) is 4.00. The summed E-state index contributed by atoms with van der Waals surface area (Å²) in [5, 5.41) is 13.0. The number of likely N-dealkylation sites (tertiary alicyclic amines) is 1. The zero-order valence-electron chi connectivity index (χ0n) is 17.0. The minimum Gasteiger partial charge on any atom is -0.393 e. The molecular weight excluding hydrogens is 359 g/mol. The molecular formula is C21H33FN4O2. The van der Waals surface area contributed by atoms with Crippen LogP contribution in [-0.4, -0.2) is 68.5 Å². The van der Waals surface area contributed by atoms with Crippen molar-refractivity contribution in [3.8, 4) is 0 Å². The Hall–Kier alpha value is -1.86. The molecule has 28 heavy (non-hydrogen) atoms. The van der Waals surface area contributed by atoms with Crippen molar-refractivity contribution in [3.05, 3.63) is 29.6 Å². The Morgan fingerprint density at radius 3 is 2.75 bits per heavy atom. The van der Waals surface area contributed by atoms with Crippen LogP contribution in [0.5, 0.6) is 0 Å². The maximum atomic E-state index is 14.6. The highest BCUT2D eigenvalue weighted by atomic mass is 19.1. The number of nitrogens with zero attached hydrogens (tertiary/aromatic N) is 3. The fourth-order valence-corrected chi connectivity index (χ4v) is 4.00. The lowest BCUT2D eigenvalue weighted by Gasteiger charge is -2.31. The summed E-state index contributed by atoms with van der Waals surface area (Å²) >= 11 is 0. The molecule has 0 amide bonds. The summed E-state index contributed by atoms with van der Waals surface area (Å²) in [4.78, 5) is 9.00. The van der Waals surface area contributed by atoms with E-state index in [-0.39, 0.29) is 11.9 Å². The zero-order chi connectivity index (χ0) is 19.9. The lowest BCUT2D eigenvalue weighted by atomic mass is 10.1. The van der Waals surface area contributed by atoms with Gasteiger partial charge in [-0.05, 0) is 43.9 Å². The molecule has 1 unspecified atom stereocenters. The van der Waals surface area contributed by atoms with E-state index in [1.807, 2.05) is 17.0 Å². The molecule has 2 aliphatic rings. The van der Waals surface area contributed by atoms with E-state index < -0.39 is 0 Å². The van der Waals surface area contributed by atoms with E-state index >= 15 is 0 Å². The molecule has 0 aliphatic carbocycles. The number of guanidine groups is 1. The van der Waals surface area contributed by atoms with Gasteiger partial charge in [0.1, 0.15) is 5.82 Å². The van der Waals surface area contributed by atoms with Crippen LogP contribution in [0.15, 0.2) is 23.2 Å². The molecule has 0 spiro atoms. The molecule has 2 fully saturated rings. The van der Waals surface area contributed by atoms with E-state index in [0.717, 1.165) is 44.2 Å². The van der Waals surface area contributed by atoms with Crippen molar-refractivity contribution in [1.82, 2.24) is 10.2 Å². The van der Waals surface area contributed by atoms with Gasteiger partial charge >= 0.3 is 0 Å². The monoisotopic (exact) mass is 392 g/mol. The Balaban J connectivity index is 1.63. The number of rotatable bonds is 6. The van der Waals surface area contributed by atoms with Gasteiger partial charge in [-0.1, -0.05) is 6.07 Å². The molecule has 156 valence electrons. The molecule has 2 saturated heterocycles. The Morgan fingerprint density at radius 2 is 2.07 bits per heavy atom. The molecule has 0 aromatic heterocycles. The summed E-state index contributed by atoms with van der Waals surface area (Å²) in [7, 11) is 1.74. The van der Waals surface area contributed by atoms with Gasteiger partial charge in [0.05, 0.1) is 24.9 Å². The smallest absolute Gasteiger partial charge is 0.194 e. The molecule has 0 saturated carbocycles. The van der Waals surface area contributed by atoms with Gasteiger partial charge in [-0.15, -0.1) is 0 Å². The molecule has 2 heterocycles. The molecule has 0 bridgehead atoms. The summed E-state index contributed by atoms with van der Waals surface area (Å²) in [5.41, 5.74) is 1.48. The lowest BCUT2D eigenvalue weighted by Crippen LogP contribution is -2.40. The third kappa shape index (κ3) is 5.35. The van der Waals surface area contributed by atoms with Crippen molar-refractivity contribution < 1.29 is 14.2 Å². The van der Waals surface area contributed by atoms with Gasteiger partial charge < -0.3 is 25.0 Å². The maximum Gasteiger partial charge on any atom is 0.194 e. The Labute approximate surface area is 167 Å². The SMILES string of the molecule is CCNC(=NCc1ccc(N2CCC(O)CC2)c(F)c1)N1CCC(COC)C1. The van der Waals surface area contributed by atoms with Gasteiger partial charge in [0.15, 0.2) is 5.96 Å². The standard InChI is InChI=1S/C21H33FN4O2/c1-3-23-21(26-9-6-17(14-26)15-28-2)24-13-16-4-5-20(19(22)12-16)25-10-7-18(27)8-11-25/h4-5,12,17-18,27H,3,6-11,13-15H2,1-2H3,(H,23,24). The molecule has 1 aromatic rings. The number of piperidine rings is 1. The van der Waals surface area contributed by atoms with Crippen LogP contribution in [0, 0.1) is 11.7 Å². The third-order valence-electron chi connectivity index (χ3n) is 5.55. The number of hydrogen-bond acceptors (Lipinski definition) is 4. The number of halogens is 1. The first-order valence-corrected chi connectivity index (χ1v) is 10.3. The van der Waals surface area contributed by atoms with Crippen molar-refractivity contribution in [2.45, 2.75) is 38.8 Å². The quantitative estimate of drug-likeness (QED) is 0.574. The minimum absolute atomic E-state index is 0.213. The predicted octanol–water partition coefficient (Wildman–Crippen LogP) is 2.22. The van der Waals surface area contributed by atoms with Crippen LogP contribution >= 0.6 is 0 Å². The van der Waals surface area contributed by atoms with E-state index in [0.29, 0.717) is 44.1 Å². The van der Waals surface area contributed by atoms with Gasteiger partial charge in [0, 0.05) is 45.8 Å². The summed E-state index contributed by atoms with van der Waals surface area (Å²) in [6.07, 6.45) is 2.23. The lowest BCUT2D eigenvalue weighted by molar-refractivity contribution is 0.145. The number of methoxy groups -OCH3 is 1. The zero-order valence-corrected chi connectivity index (χ0v) is 17.0. The number of aliphatic imine (C=N–C) groups is 1. The van der Waals surface area contributed by atoms with E-state index in [4.69, 9.17) is 9.73 Å². The molecule has 7 heteroatoms. The van der Waals surface area contributed by atoms with Crippen molar-refractivity contribution in [3.63, 3.8) is 0 Å². The molecule has 1 aromatic carbocycles. The second kappa shape index (κ2) is 10.1. The van der Waals surface area contributed by atoms with Crippen molar-refractivity contribution in [1.29, 1.82) is 0 Å². The Morgan fingerprint density at radius 1 is 1.29 bits per heavy atom. The first-order valence-electron chi connectivity index (χ1n) is 10.3. The Kier molecular flexibility index (Phi) is 7.50. The molecule has 3 rings (SSSR count). The molecule has 2 N–H and O–H groups in total. The van der Waals surface area contributed by atoms with Gasteiger partial charge in [-0.2, -0.15) is 0 Å². The number of ether oxygens (including phenoxy) is 1. The molecule has 1 atom stereocenters. The Bertz CT molecular complexity index is 662. The third-order valence-corrected chi connectivity index (χ3v) is 5.55. The number of benzene rings is 1. The highest BCUT2D eigenvalue weighted by Gasteiger charge is 2.25. The predicted molar refractivity (Wildman–Crippen MR) is 110 cm³/mol. The van der Waals surface area contributed by atoms with Crippen molar-refractivity contribution >= 4 is 11.6 Å². The van der Waals surface area contributed by atoms with E-state index in [2.05, 4.69) is 17.1 Å². The largest absolute Gasteiger partial charge is 0.393 e. The van der Waals surface area contributed by atoms with Crippen LogP contribution in [-0.2, 0) is 11.3 Å². The van der Waals surface area contributed by atoms with Gasteiger partial charge in [-0.25, -0.2) is 9.38 Å². The highest BCUT2D eigenvalue weighted by Crippen LogP contribution is 2.24. The first-order chi connectivity index (χ1) is 13.6. The summed E-state index contributed by atoms with van der Waals surface area (Å²) < 4.78 is 19.9. The van der Waals surface area contributed by atoms with Gasteiger partial charge in [0.2, 0.25) is 0 Å². The molecule has 0 radical (unpaired) electrons. The van der Waals surface area contributed by atoms with Gasteiger partial charge in [0.25, 0.3) is 0 Å². The van der Waals surface area contributed by atoms with Crippen LogP contribution in [0.4, 0.5) is 10.1 Å². The number of nitrogens with one attached hydrogen (secondary N) is 1. The van der Waals surface area contributed by atoms with Crippen LogP contribution < -0.4 is 10.2 Å². The van der Waals surface area contributed by atoms with Crippen LogP contribution in [0.1, 0.15) is 31.7 Å². The first kappa shape index (κ1) is 20.9. The number of aliphatic hydroxyl groups is 1. The summed E-state index contributed by atoms with van der Waals surface area (Å²) in [6, 6.07) is 5.38. The number of hydrogen-bond donors (Lipinski definition) is 2. The van der Waals surface area contributed by atoms with Crippen LogP contribution in [0.3, 0.4) is 0 Å². The number of anilines is 1. The van der Waals surface area contributed by atoms with E-state index in [1.165, 1.54) is 0 Å². The van der Waals surface area contributed by atoms with Crippen molar-refractivity contribution in [2.75, 3.05) is 51.3 Å². The highest BCUT2D eigenvalue weighted by molar-refractivity contribution is 5.80. The number of aliphatic hydroxyl groups excluding tert-OH is 1.